The van der Waals surface area contributed by atoms with E-state index in [0.717, 1.165) is 0 Å². The number of carbonyl (C=O) groups excluding carboxylic acids is 1. The lowest BCUT2D eigenvalue weighted by Gasteiger charge is -2.11. The van der Waals surface area contributed by atoms with Crippen molar-refractivity contribution in [3.63, 3.8) is 0 Å². The number of aryl methyl sites for hydroxylation is 1. The van der Waals surface area contributed by atoms with E-state index in [-0.39, 0.29) is 46.1 Å². The summed E-state index contributed by atoms with van der Waals surface area (Å²) in [6.07, 6.45) is 1.35. The number of carbonyl (C=O) groups is 1. The van der Waals surface area contributed by atoms with Crippen LogP contribution in [0.3, 0.4) is 0 Å². The predicted octanol–water partition coefficient (Wildman–Crippen LogP) is 3.51. The molecule has 0 aliphatic carbocycles. The zero-order valence-corrected chi connectivity index (χ0v) is 15.7. The Morgan fingerprint density at radius 3 is 2.62 bits per heavy atom. The Bertz CT molecular complexity index is 1280. The number of aromatic nitrogens is 3. The van der Waals surface area contributed by atoms with Gasteiger partial charge >= 0.3 is 0 Å². The van der Waals surface area contributed by atoms with Gasteiger partial charge in [-0.05, 0) is 36.8 Å². The number of halogens is 1. The minimum absolute atomic E-state index is 0.0984. The first kappa shape index (κ1) is 18.5. The number of rotatable bonds is 5. The van der Waals surface area contributed by atoms with E-state index in [1.54, 1.807) is 19.2 Å². The first-order chi connectivity index (χ1) is 13.9. The molecule has 0 aliphatic rings. The molecule has 29 heavy (non-hydrogen) atoms. The molecule has 0 N–H and O–H groups in total. The summed E-state index contributed by atoms with van der Waals surface area (Å²) < 4.78 is 26.2. The van der Waals surface area contributed by atoms with Crippen molar-refractivity contribution in [1.29, 1.82) is 0 Å². The van der Waals surface area contributed by atoms with Crippen LogP contribution in [0, 0.1) is 5.82 Å². The molecule has 0 aliphatic heterocycles. The summed E-state index contributed by atoms with van der Waals surface area (Å²) in [5, 5.41) is 4.18. The van der Waals surface area contributed by atoms with Crippen molar-refractivity contribution in [3.05, 3.63) is 76.0 Å². The van der Waals surface area contributed by atoms with Gasteiger partial charge in [0.25, 0.3) is 0 Å². The smallest absolute Gasteiger partial charge is 0.197 e. The minimum atomic E-state index is -0.352. The van der Waals surface area contributed by atoms with E-state index in [4.69, 9.17) is 9.15 Å². The highest BCUT2D eigenvalue weighted by Crippen LogP contribution is 2.29. The third kappa shape index (κ3) is 3.64. The van der Waals surface area contributed by atoms with Gasteiger partial charge in [-0.1, -0.05) is 12.1 Å². The molecule has 2 heterocycles. The lowest BCUT2D eigenvalue weighted by atomic mass is 10.1. The van der Waals surface area contributed by atoms with Crippen molar-refractivity contribution in [1.82, 2.24) is 14.8 Å². The second-order valence-corrected chi connectivity index (χ2v) is 6.50. The lowest BCUT2D eigenvalue weighted by Crippen LogP contribution is -2.07. The highest BCUT2D eigenvalue weighted by atomic mass is 19.1. The quantitative estimate of drug-likeness (QED) is 0.482. The Kier molecular flexibility index (Phi) is 4.67. The third-order valence-electron chi connectivity index (χ3n) is 4.44. The minimum Gasteiger partial charge on any atom is -0.488 e. The van der Waals surface area contributed by atoms with Crippen molar-refractivity contribution >= 4 is 16.8 Å². The molecule has 4 aromatic rings. The number of ketones is 1. The number of hydrogen-bond acceptors (Lipinski definition) is 6. The number of benzene rings is 2. The molecule has 0 atom stereocenters. The van der Waals surface area contributed by atoms with Crippen LogP contribution < -0.4 is 10.2 Å². The Labute approximate surface area is 164 Å². The molecular formula is C21H16FN3O4. The van der Waals surface area contributed by atoms with Gasteiger partial charge in [0.2, 0.25) is 0 Å². The monoisotopic (exact) mass is 393 g/mol. The van der Waals surface area contributed by atoms with Crippen LogP contribution in [0.1, 0.15) is 22.8 Å². The molecule has 0 saturated carbocycles. The van der Waals surface area contributed by atoms with Crippen molar-refractivity contribution < 1.29 is 18.3 Å². The summed E-state index contributed by atoms with van der Waals surface area (Å²) in [6, 6.07) is 10.1. The number of ether oxygens (including phenoxy) is 1. The van der Waals surface area contributed by atoms with Crippen LogP contribution in [0.4, 0.5) is 4.39 Å². The Hall–Kier alpha value is -3.81. The van der Waals surface area contributed by atoms with Gasteiger partial charge in [-0.15, -0.1) is 0 Å². The van der Waals surface area contributed by atoms with Gasteiger partial charge in [0.1, 0.15) is 35.5 Å². The average molecular weight is 393 g/mol. The summed E-state index contributed by atoms with van der Waals surface area (Å²) in [5.41, 5.74) is 0.920. The van der Waals surface area contributed by atoms with Crippen molar-refractivity contribution in [3.8, 4) is 17.3 Å². The van der Waals surface area contributed by atoms with Gasteiger partial charge in [-0.25, -0.2) is 14.1 Å². The van der Waals surface area contributed by atoms with Crippen LogP contribution in [0.2, 0.25) is 0 Å². The fourth-order valence-electron chi connectivity index (χ4n) is 2.94. The van der Waals surface area contributed by atoms with E-state index < -0.39 is 0 Å². The Morgan fingerprint density at radius 1 is 1.21 bits per heavy atom. The van der Waals surface area contributed by atoms with Crippen molar-refractivity contribution in [2.75, 3.05) is 0 Å². The Balaban J connectivity index is 1.82. The van der Waals surface area contributed by atoms with E-state index in [0.29, 0.717) is 17.0 Å². The molecule has 4 rings (SSSR count). The van der Waals surface area contributed by atoms with Crippen molar-refractivity contribution in [2.45, 2.75) is 13.5 Å². The highest BCUT2D eigenvalue weighted by Gasteiger charge is 2.17. The molecule has 0 unspecified atom stereocenters. The largest absolute Gasteiger partial charge is 0.488 e. The van der Waals surface area contributed by atoms with Gasteiger partial charge in [-0.2, -0.15) is 5.10 Å². The first-order valence-electron chi connectivity index (χ1n) is 8.77. The van der Waals surface area contributed by atoms with E-state index in [1.807, 2.05) is 0 Å². The number of nitrogens with zero attached hydrogens (tertiary/aromatic N) is 3. The molecule has 8 heteroatoms. The topological polar surface area (TPSA) is 87.2 Å². The Morgan fingerprint density at radius 2 is 1.97 bits per heavy atom. The van der Waals surface area contributed by atoms with Crippen LogP contribution in [-0.4, -0.2) is 20.5 Å². The van der Waals surface area contributed by atoms with Gasteiger partial charge in [0.05, 0.1) is 0 Å². The molecule has 0 amide bonds. The van der Waals surface area contributed by atoms with Gasteiger partial charge in [0, 0.05) is 18.7 Å². The molecule has 146 valence electrons. The van der Waals surface area contributed by atoms with E-state index >= 15 is 0 Å². The van der Waals surface area contributed by atoms with Gasteiger partial charge in [-0.3, -0.25) is 9.59 Å². The number of Topliss-reactive ketones (excluding diaryl/α,β-unsaturated/α-hetero) is 1. The number of fused-ring (bicyclic) bond motifs is 1. The standard InChI is InChI=1S/C21H16FN3O4/c1-12(26)14-7-17(28-10-13-3-5-15(22)6-4-13)20-16(27)9-19(29-18(20)8-14)21-23-11-24-25(21)2/h3-9,11H,10H2,1-2H3. The number of hydrogen-bond donors (Lipinski definition) is 0. The molecule has 7 nitrogen and oxygen atoms in total. The molecule has 0 spiro atoms. The van der Waals surface area contributed by atoms with Crippen LogP contribution in [0.15, 0.2) is 58.0 Å². The average Bonchev–Trinajstić information content (AvgIpc) is 3.12. The third-order valence-corrected chi connectivity index (χ3v) is 4.44. The summed E-state index contributed by atoms with van der Waals surface area (Å²) in [7, 11) is 1.68. The van der Waals surface area contributed by atoms with Crippen LogP contribution in [0.5, 0.6) is 5.75 Å². The fraction of sp³-hybridized carbons (Fsp3) is 0.143. The van der Waals surface area contributed by atoms with Gasteiger partial charge in [0.15, 0.2) is 22.8 Å². The molecule has 0 fully saturated rings. The molecule has 2 aromatic carbocycles. The molecule has 0 radical (unpaired) electrons. The predicted molar refractivity (Wildman–Crippen MR) is 103 cm³/mol. The maximum absolute atomic E-state index is 13.1. The van der Waals surface area contributed by atoms with Crippen molar-refractivity contribution in [2.24, 2.45) is 7.05 Å². The van der Waals surface area contributed by atoms with Crippen LogP contribution in [-0.2, 0) is 13.7 Å². The van der Waals surface area contributed by atoms with E-state index in [1.165, 1.54) is 48.3 Å². The zero-order chi connectivity index (χ0) is 20.5. The first-order valence-corrected chi connectivity index (χ1v) is 8.77. The normalized spacial score (nSPS) is 11.0. The van der Waals surface area contributed by atoms with Crippen LogP contribution in [0.25, 0.3) is 22.6 Å². The summed E-state index contributed by atoms with van der Waals surface area (Å²) in [5.74, 6) is 0.272. The second kappa shape index (κ2) is 7.31. The summed E-state index contributed by atoms with van der Waals surface area (Å²) in [4.78, 5) is 28.9. The zero-order valence-electron chi connectivity index (χ0n) is 15.7. The summed E-state index contributed by atoms with van der Waals surface area (Å²) >= 11 is 0. The van der Waals surface area contributed by atoms with E-state index in [9.17, 15) is 14.0 Å². The van der Waals surface area contributed by atoms with E-state index in [2.05, 4.69) is 10.1 Å². The molecule has 2 aromatic heterocycles. The SMILES string of the molecule is CC(=O)c1cc(OCc2ccc(F)cc2)c2c(=O)cc(-c3ncnn3C)oc2c1. The maximum atomic E-state index is 13.1. The fourth-order valence-corrected chi connectivity index (χ4v) is 2.94. The summed E-state index contributed by atoms with van der Waals surface area (Å²) in [6.45, 7) is 1.51. The highest BCUT2D eigenvalue weighted by molar-refractivity contribution is 5.99. The van der Waals surface area contributed by atoms with Gasteiger partial charge < -0.3 is 9.15 Å². The molecule has 0 bridgehead atoms. The molecular weight excluding hydrogens is 377 g/mol. The molecule has 0 saturated heterocycles. The lowest BCUT2D eigenvalue weighted by molar-refractivity contribution is 0.101. The van der Waals surface area contributed by atoms with Crippen LogP contribution >= 0.6 is 0 Å². The maximum Gasteiger partial charge on any atom is 0.197 e. The second-order valence-electron chi connectivity index (χ2n) is 6.50.